The van der Waals surface area contributed by atoms with E-state index in [2.05, 4.69) is 46.0 Å². The number of thiol groups is 2. The Morgan fingerprint density at radius 1 is 1.50 bits per heavy atom. The molecule has 1 atom stereocenters. The maximum Gasteiger partial charge on any atom is 0.0212 e. The summed E-state index contributed by atoms with van der Waals surface area (Å²) in [6.07, 6.45) is 0. The van der Waals surface area contributed by atoms with Gasteiger partial charge in [-0.15, -0.1) is 0 Å². The van der Waals surface area contributed by atoms with Gasteiger partial charge in [0.2, 0.25) is 0 Å². The van der Waals surface area contributed by atoms with Gasteiger partial charge in [0.05, 0.1) is 0 Å². The number of hydrogen-bond donors (Lipinski definition) is 2. The van der Waals surface area contributed by atoms with E-state index < -0.39 is 0 Å². The second-order valence-corrected chi connectivity index (χ2v) is 4.01. The molecule has 0 aliphatic heterocycles. The van der Waals surface area contributed by atoms with Crippen LogP contribution in [0.4, 0.5) is 0 Å². The van der Waals surface area contributed by atoms with Crippen LogP contribution in [-0.4, -0.2) is 10.5 Å². The molecule has 0 N–H and O–H groups in total. The summed E-state index contributed by atoms with van der Waals surface area (Å²) >= 11 is 8.57. The van der Waals surface area contributed by atoms with Gasteiger partial charge < -0.3 is 0 Å². The lowest BCUT2D eigenvalue weighted by molar-refractivity contribution is 0.516. The van der Waals surface area contributed by atoms with Gasteiger partial charge in [0.15, 0.2) is 0 Å². The molecule has 0 nitrogen and oxygen atoms in total. The molecule has 0 aromatic heterocycles. The summed E-state index contributed by atoms with van der Waals surface area (Å²) in [4.78, 5) is 0. The van der Waals surface area contributed by atoms with E-state index in [9.17, 15) is 0 Å². The Morgan fingerprint density at radius 3 is 1.88 bits per heavy atom. The van der Waals surface area contributed by atoms with Crippen molar-refractivity contribution in [2.45, 2.75) is 25.5 Å². The highest BCUT2D eigenvalue weighted by atomic mass is 32.1. The molecule has 0 aromatic rings. The Labute approximate surface area is 62.9 Å². The summed E-state index contributed by atoms with van der Waals surface area (Å²) in [5, 5.41) is 0. The molecule has 1 unspecified atom stereocenters. The smallest absolute Gasteiger partial charge is 0.0212 e. The minimum Gasteiger partial charge on any atom is -0.178 e. The lowest BCUT2D eigenvalue weighted by Crippen LogP contribution is -2.25. The fourth-order valence-corrected chi connectivity index (χ4v) is 0.548. The van der Waals surface area contributed by atoms with Gasteiger partial charge in [-0.25, -0.2) is 0 Å². The fraction of sp³-hybridized carbons (Fsp3) is 1.00. The van der Waals surface area contributed by atoms with Crippen LogP contribution >= 0.6 is 25.3 Å². The van der Waals surface area contributed by atoms with E-state index in [0.717, 1.165) is 5.75 Å². The molecule has 0 rings (SSSR count). The zero-order valence-electron chi connectivity index (χ0n) is 5.68. The monoisotopic (exact) mass is 150 g/mol. The topological polar surface area (TPSA) is 0 Å². The molecule has 8 heavy (non-hydrogen) atoms. The molecule has 2 heteroatoms. The second-order valence-electron chi connectivity index (χ2n) is 2.67. The molecule has 0 fully saturated rings. The van der Waals surface area contributed by atoms with Gasteiger partial charge in [-0.3, -0.25) is 0 Å². The van der Waals surface area contributed by atoms with Crippen molar-refractivity contribution in [2.75, 3.05) is 5.75 Å². The average Bonchev–Trinajstić information content (AvgIpc) is 1.67. The fourth-order valence-electron chi connectivity index (χ4n) is 0.183. The van der Waals surface area contributed by atoms with Crippen molar-refractivity contribution in [1.82, 2.24) is 0 Å². The quantitative estimate of drug-likeness (QED) is 0.554. The van der Waals surface area contributed by atoms with E-state index in [0.29, 0.717) is 5.92 Å². The summed E-state index contributed by atoms with van der Waals surface area (Å²) in [5.41, 5.74) is 0. The first-order chi connectivity index (χ1) is 3.50. The van der Waals surface area contributed by atoms with Crippen molar-refractivity contribution in [3.63, 3.8) is 0 Å². The van der Waals surface area contributed by atoms with E-state index in [4.69, 9.17) is 0 Å². The summed E-state index contributed by atoms with van der Waals surface area (Å²) in [6.45, 7) is 6.42. The summed E-state index contributed by atoms with van der Waals surface area (Å²) in [5.74, 6) is 1.44. The van der Waals surface area contributed by atoms with Gasteiger partial charge >= 0.3 is 0 Å². The zero-order chi connectivity index (χ0) is 6.78. The Morgan fingerprint density at radius 2 is 1.88 bits per heavy atom. The molecule has 0 amide bonds. The van der Waals surface area contributed by atoms with Crippen molar-refractivity contribution >= 4 is 25.3 Å². The van der Waals surface area contributed by atoms with Crippen LogP contribution in [0.5, 0.6) is 0 Å². The first-order valence-electron chi connectivity index (χ1n) is 2.84. The van der Waals surface area contributed by atoms with Crippen molar-refractivity contribution < 1.29 is 0 Å². The summed E-state index contributed by atoms with van der Waals surface area (Å²) in [6, 6.07) is 0. The van der Waals surface area contributed by atoms with Crippen molar-refractivity contribution in [3.05, 3.63) is 0 Å². The predicted octanol–water partition coefficient (Wildman–Crippen LogP) is 2.26. The number of hydrogen-bond acceptors (Lipinski definition) is 2. The van der Waals surface area contributed by atoms with Gasteiger partial charge in [-0.05, 0) is 12.8 Å². The molecule has 0 heterocycles. The lowest BCUT2D eigenvalue weighted by Gasteiger charge is -2.25. The van der Waals surface area contributed by atoms with Gasteiger partial charge in [0.1, 0.15) is 0 Å². The van der Waals surface area contributed by atoms with Gasteiger partial charge in [0, 0.05) is 10.5 Å². The van der Waals surface area contributed by atoms with Crippen LogP contribution in [0.15, 0.2) is 0 Å². The Hall–Kier alpha value is 0.700. The first-order valence-corrected chi connectivity index (χ1v) is 3.92. The molecular formula is C6H14S2. The Balaban J connectivity index is 3.71. The van der Waals surface area contributed by atoms with Crippen LogP contribution in [0, 0.1) is 5.92 Å². The highest BCUT2D eigenvalue weighted by Crippen LogP contribution is 2.24. The van der Waals surface area contributed by atoms with Crippen LogP contribution in [0.1, 0.15) is 20.8 Å². The van der Waals surface area contributed by atoms with Gasteiger partial charge in [0.25, 0.3) is 0 Å². The highest BCUT2D eigenvalue weighted by Gasteiger charge is 2.20. The molecule has 0 aromatic carbocycles. The van der Waals surface area contributed by atoms with Crippen molar-refractivity contribution in [1.29, 1.82) is 0 Å². The van der Waals surface area contributed by atoms with E-state index in [1.807, 2.05) is 0 Å². The van der Waals surface area contributed by atoms with Crippen LogP contribution in [-0.2, 0) is 0 Å². The molecule has 0 spiro atoms. The van der Waals surface area contributed by atoms with E-state index in [-0.39, 0.29) is 4.75 Å². The minimum atomic E-state index is 0.100. The highest BCUT2D eigenvalue weighted by molar-refractivity contribution is 7.85. The van der Waals surface area contributed by atoms with E-state index >= 15 is 0 Å². The zero-order valence-corrected chi connectivity index (χ0v) is 7.47. The SMILES string of the molecule is CC(C)C(C)(S)CS. The molecule has 0 saturated heterocycles. The summed E-state index contributed by atoms with van der Waals surface area (Å²) < 4.78 is 0.100. The van der Waals surface area contributed by atoms with Crippen LogP contribution in [0.2, 0.25) is 0 Å². The standard InChI is InChI=1S/C6H14S2/c1-5(2)6(3,8)4-7/h5,7-8H,4H2,1-3H3. The van der Waals surface area contributed by atoms with Crippen LogP contribution in [0.3, 0.4) is 0 Å². The molecule has 0 bridgehead atoms. The van der Waals surface area contributed by atoms with Gasteiger partial charge in [-0.1, -0.05) is 13.8 Å². The third kappa shape index (κ3) is 2.31. The molecule has 0 aliphatic rings. The van der Waals surface area contributed by atoms with Crippen LogP contribution < -0.4 is 0 Å². The van der Waals surface area contributed by atoms with Crippen molar-refractivity contribution in [3.8, 4) is 0 Å². The second kappa shape index (κ2) is 3.02. The molecule has 50 valence electrons. The maximum absolute atomic E-state index is 4.41. The van der Waals surface area contributed by atoms with E-state index in [1.54, 1.807) is 0 Å². The molecule has 0 saturated carbocycles. The predicted molar refractivity (Wildman–Crippen MR) is 46.1 cm³/mol. The third-order valence-electron chi connectivity index (χ3n) is 1.56. The average molecular weight is 150 g/mol. The number of rotatable bonds is 2. The minimum absolute atomic E-state index is 0.100. The molecule has 0 radical (unpaired) electrons. The maximum atomic E-state index is 4.41. The Kier molecular flexibility index (Phi) is 3.28. The van der Waals surface area contributed by atoms with Gasteiger partial charge in [-0.2, -0.15) is 25.3 Å². The lowest BCUT2D eigenvalue weighted by atomic mass is 9.99. The summed E-state index contributed by atoms with van der Waals surface area (Å²) in [7, 11) is 0. The molecular weight excluding hydrogens is 136 g/mol. The Bertz CT molecular complexity index is 66.9. The van der Waals surface area contributed by atoms with E-state index in [1.165, 1.54) is 0 Å². The first kappa shape index (κ1) is 8.70. The normalized spacial score (nSPS) is 18.8. The van der Waals surface area contributed by atoms with Crippen molar-refractivity contribution in [2.24, 2.45) is 5.92 Å². The third-order valence-corrected chi connectivity index (χ3v) is 3.14. The van der Waals surface area contributed by atoms with Crippen LogP contribution in [0.25, 0.3) is 0 Å². The largest absolute Gasteiger partial charge is 0.178 e. The molecule has 0 aliphatic carbocycles.